The maximum absolute atomic E-state index is 13.0. The highest BCUT2D eigenvalue weighted by atomic mass is 32.2. The molecule has 0 radical (unpaired) electrons. The molecule has 1 aromatic heterocycles. The fourth-order valence-electron chi connectivity index (χ4n) is 1.92. The number of hydrogen-bond donors (Lipinski definition) is 2. The van der Waals surface area contributed by atoms with Gasteiger partial charge in [-0.3, -0.25) is 9.78 Å². The van der Waals surface area contributed by atoms with Crippen LogP contribution in [0.4, 0.5) is 4.39 Å². The van der Waals surface area contributed by atoms with Crippen molar-refractivity contribution in [2.75, 3.05) is 6.54 Å². The van der Waals surface area contributed by atoms with Gasteiger partial charge in [-0.05, 0) is 42.3 Å². The summed E-state index contributed by atoms with van der Waals surface area (Å²) >= 11 is 0. The number of rotatable bonds is 6. The number of nitrogens with one attached hydrogen (secondary N) is 2. The lowest BCUT2D eigenvalue weighted by Crippen LogP contribution is -2.36. The van der Waals surface area contributed by atoms with Gasteiger partial charge in [0, 0.05) is 18.9 Å². The van der Waals surface area contributed by atoms with Crippen molar-refractivity contribution in [1.82, 2.24) is 15.0 Å². The minimum absolute atomic E-state index is 0.0565. The Bertz CT molecular complexity index is 795. The van der Waals surface area contributed by atoms with Crippen LogP contribution in [0.25, 0.3) is 0 Å². The minimum atomic E-state index is -3.88. The summed E-state index contributed by atoms with van der Waals surface area (Å²) in [6.07, 6.45) is 3.22. The van der Waals surface area contributed by atoms with E-state index in [2.05, 4.69) is 15.0 Å². The summed E-state index contributed by atoms with van der Waals surface area (Å²) in [6, 6.07) is 6.88. The predicted octanol–water partition coefficient (Wildman–Crippen LogP) is 1.12. The molecule has 1 heterocycles. The molecule has 0 aliphatic carbocycles. The zero-order chi connectivity index (χ0) is 16.9. The number of hydrogen-bond acceptors (Lipinski definition) is 4. The van der Waals surface area contributed by atoms with Gasteiger partial charge in [0.05, 0.1) is 11.4 Å². The average molecular weight is 337 g/mol. The van der Waals surface area contributed by atoms with E-state index >= 15 is 0 Å². The van der Waals surface area contributed by atoms with Gasteiger partial charge in [0.25, 0.3) is 0 Å². The zero-order valence-corrected chi connectivity index (χ0v) is 13.2. The molecule has 6 nitrogen and oxygen atoms in total. The van der Waals surface area contributed by atoms with Gasteiger partial charge in [0.2, 0.25) is 15.9 Å². The molecule has 8 heteroatoms. The third kappa shape index (κ3) is 4.83. The molecule has 0 saturated heterocycles. The van der Waals surface area contributed by atoms with Crippen molar-refractivity contribution in [1.29, 1.82) is 0 Å². The summed E-state index contributed by atoms with van der Waals surface area (Å²) in [5.41, 5.74) is 1.08. The molecule has 122 valence electrons. The van der Waals surface area contributed by atoms with Crippen molar-refractivity contribution >= 4 is 15.9 Å². The summed E-state index contributed by atoms with van der Waals surface area (Å²) in [7, 11) is -3.88. The average Bonchev–Trinajstić information content (AvgIpc) is 2.51. The number of carbonyl (C=O) groups excluding carboxylic acids is 1. The first-order chi connectivity index (χ1) is 10.9. The summed E-state index contributed by atoms with van der Waals surface area (Å²) in [5, 5.41) is 2.58. The van der Waals surface area contributed by atoms with Crippen LogP contribution < -0.4 is 10.0 Å². The molecular formula is C15H16FN3O3S. The zero-order valence-electron chi connectivity index (χ0n) is 12.4. The summed E-state index contributed by atoms with van der Waals surface area (Å²) in [5.74, 6) is -0.993. The monoisotopic (exact) mass is 337 g/mol. The fraction of sp³-hybridized carbons (Fsp3) is 0.200. The van der Waals surface area contributed by atoms with E-state index in [1.807, 2.05) is 0 Å². The highest BCUT2D eigenvalue weighted by Crippen LogP contribution is 2.15. The van der Waals surface area contributed by atoms with Gasteiger partial charge in [0.1, 0.15) is 5.82 Å². The minimum Gasteiger partial charge on any atom is -0.351 e. The smallest absolute Gasteiger partial charge is 0.241 e. The standard InChI is InChI=1S/C15H16FN3O3S/c1-11-7-13(16)4-5-14(11)23(21,22)19-10-15(20)18-9-12-3-2-6-17-8-12/h2-8,19H,9-10H2,1H3,(H,18,20). The molecule has 0 aliphatic heterocycles. The van der Waals surface area contributed by atoms with Crippen LogP contribution in [-0.2, 0) is 21.4 Å². The topological polar surface area (TPSA) is 88.2 Å². The molecule has 2 aromatic rings. The predicted molar refractivity (Wildman–Crippen MR) is 82.4 cm³/mol. The van der Waals surface area contributed by atoms with Crippen LogP contribution >= 0.6 is 0 Å². The van der Waals surface area contributed by atoms with E-state index in [-0.39, 0.29) is 17.0 Å². The van der Waals surface area contributed by atoms with Gasteiger partial charge in [0.15, 0.2) is 0 Å². The maximum atomic E-state index is 13.0. The molecule has 23 heavy (non-hydrogen) atoms. The van der Waals surface area contributed by atoms with E-state index in [0.717, 1.165) is 17.7 Å². The first-order valence-corrected chi connectivity index (χ1v) is 8.28. The number of nitrogens with zero attached hydrogens (tertiary/aromatic N) is 1. The molecule has 0 saturated carbocycles. The quantitative estimate of drug-likeness (QED) is 0.827. The molecule has 0 aliphatic rings. The molecule has 0 fully saturated rings. The number of pyridine rings is 1. The maximum Gasteiger partial charge on any atom is 0.241 e. The van der Waals surface area contributed by atoms with Crippen LogP contribution in [-0.4, -0.2) is 25.9 Å². The second-order valence-electron chi connectivity index (χ2n) is 4.87. The molecular weight excluding hydrogens is 321 g/mol. The number of carbonyl (C=O) groups is 1. The van der Waals surface area contributed by atoms with Crippen LogP contribution in [0.3, 0.4) is 0 Å². The van der Waals surface area contributed by atoms with Crippen molar-refractivity contribution in [2.24, 2.45) is 0 Å². The van der Waals surface area contributed by atoms with Gasteiger partial charge in [-0.1, -0.05) is 6.07 Å². The number of halogens is 1. The van der Waals surface area contributed by atoms with Gasteiger partial charge >= 0.3 is 0 Å². The van der Waals surface area contributed by atoms with Crippen molar-refractivity contribution in [3.63, 3.8) is 0 Å². The molecule has 2 rings (SSSR count). The molecule has 1 aromatic carbocycles. The highest BCUT2D eigenvalue weighted by Gasteiger charge is 2.18. The Kier molecular flexibility index (Phi) is 5.41. The second kappa shape index (κ2) is 7.30. The Hall–Kier alpha value is -2.32. The van der Waals surface area contributed by atoms with Crippen molar-refractivity contribution in [3.05, 3.63) is 59.7 Å². The first kappa shape index (κ1) is 17.0. The van der Waals surface area contributed by atoms with Crippen LogP contribution in [0.15, 0.2) is 47.6 Å². The first-order valence-electron chi connectivity index (χ1n) is 6.80. The highest BCUT2D eigenvalue weighted by molar-refractivity contribution is 7.89. The van der Waals surface area contributed by atoms with Gasteiger partial charge < -0.3 is 5.32 Å². The van der Waals surface area contributed by atoms with Crippen LogP contribution in [0, 0.1) is 12.7 Å². The van der Waals surface area contributed by atoms with E-state index in [9.17, 15) is 17.6 Å². The number of benzene rings is 1. The van der Waals surface area contributed by atoms with Crippen molar-refractivity contribution in [2.45, 2.75) is 18.4 Å². The molecule has 0 spiro atoms. The van der Waals surface area contributed by atoms with Crippen molar-refractivity contribution < 1.29 is 17.6 Å². The third-order valence-electron chi connectivity index (χ3n) is 3.06. The lowest BCUT2D eigenvalue weighted by atomic mass is 10.2. The summed E-state index contributed by atoms with van der Waals surface area (Å²) in [4.78, 5) is 15.6. The van der Waals surface area contributed by atoms with Gasteiger partial charge in [-0.15, -0.1) is 0 Å². The second-order valence-corrected chi connectivity index (χ2v) is 6.61. The number of aryl methyl sites for hydroxylation is 1. The molecule has 0 unspecified atom stereocenters. The lowest BCUT2D eigenvalue weighted by molar-refractivity contribution is -0.120. The van der Waals surface area contributed by atoms with E-state index < -0.39 is 28.3 Å². The van der Waals surface area contributed by atoms with E-state index in [4.69, 9.17) is 0 Å². The molecule has 1 amide bonds. The SMILES string of the molecule is Cc1cc(F)ccc1S(=O)(=O)NCC(=O)NCc1cccnc1. The van der Waals surface area contributed by atoms with Crippen LogP contribution in [0.1, 0.15) is 11.1 Å². The Morgan fingerprint density at radius 2 is 2.09 bits per heavy atom. The molecule has 0 atom stereocenters. The Balaban J connectivity index is 1.92. The summed E-state index contributed by atoms with van der Waals surface area (Å²) in [6.45, 7) is 1.34. The Labute approximate surface area is 133 Å². The number of sulfonamides is 1. The molecule has 2 N–H and O–H groups in total. The van der Waals surface area contributed by atoms with Crippen LogP contribution in [0.5, 0.6) is 0 Å². The van der Waals surface area contributed by atoms with E-state index in [1.165, 1.54) is 13.0 Å². The van der Waals surface area contributed by atoms with Crippen LogP contribution in [0.2, 0.25) is 0 Å². The Morgan fingerprint density at radius 1 is 1.30 bits per heavy atom. The van der Waals surface area contributed by atoms with Gasteiger partial charge in [-0.25, -0.2) is 17.5 Å². The number of aromatic nitrogens is 1. The number of amides is 1. The Morgan fingerprint density at radius 3 is 2.74 bits per heavy atom. The third-order valence-corrected chi connectivity index (χ3v) is 4.62. The van der Waals surface area contributed by atoms with Gasteiger partial charge in [-0.2, -0.15) is 0 Å². The lowest BCUT2D eigenvalue weighted by Gasteiger charge is -2.10. The van der Waals surface area contributed by atoms with Crippen molar-refractivity contribution in [3.8, 4) is 0 Å². The normalized spacial score (nSPS) is 11.2. The molecule has 0 bridgehead atoms. The summed E-state index contributed by atoms with van der Waals surface area (Å²) < 4.78 is 39.5. The van der Waals surface area contributed by atoms with E-state index in [0.29, 0.717) is 0 Å². The van der Waals surface area contributed by atoms with E-state index in [1.54, 1.807) is 24.5 Å². The largest absolute Gasteiger partial charge is 0.351 e. The fourth-order valence-corrected chi connectivity index (χ4v) is 3.13.